The van der Waals surface area contributed by atoms with Crippen LogP contribution in [0.3, 0.4) is 0 Å². The maximum Gasteiger partial charge on any atom is 0.417 e. The van der Waals surface area contributed by atoms with E-state index in [2.05, 4.69) is 0 Å². The molecule has 0 aliphatic heterocycles. The summed E-state index contributed by atoms with van der Waals surface area (Å²) in [5, 5.41) is -0.387. The standard InChI is InChI=1S/C8H6Cl2F3N/c9-3-4-1-6(10)5(2-7(4)14)8(11,12)13/h1-2H,3,14H2. The first-order valence-corrected chi connectivity index (χ1v) is 4.48. The van der Waals surface area contributed by atoms with Crippen LogP contribution in [0, 0.1) is 0 Å². The van der Waals surface area contributed by atoms with Crippen LogP contribution in [0.15, 0.2) is 12.1 Å². The van der Waals surface area contributed by atoms with E-state index in [9.17, 15) is 13.2 Å². The zero-order valence-electron chi connectivity index (χ0n) is 6.83. The van der Waals surface area contributed by atoms with Crippen molar-refractivity contribution in [2.24, 2.45) is 0 Å². The quantitative estimate of drug-likeness (QED) is 0.591. The minimum atomic E-state index is -4.49. The molecule has 0 saturated heterocycles. The molecule has 0 aliphatic rings. The smallest absolute Gasteiger partial charge is 0.398 e. The predicted octanol–water partition coefficient (Wildman–Crippen LogP) is 3.68. The van der Waals surface area contributed by atoms with Gasteiger partial charge >= 0.3 is 6.18 Å². The Labute approximate surface area is 88.6 Å². The van der Waals surface area contributed by atoms with Crippen molar-refractivity contribution in [3.8, 4) is 0 Å². The van der Waals surface area contributed by atoms with Crippen LogP contribution in [0.4, 0.5) is 18.9 Å². The molecular weight excluding hydrogens is 238 g/mol. The van der Waals surface area contributed by atoms with Crippen molar-refractivity contribution in [2.45, 2.75) is 12.1 Å². The lowest BCUT2D eigenvalue weighted by Gasteiger charge is -2.11. The molecule has 0 saturated carbocycles. The van der Waals surface area contributed by atoms with E-state index in [0.717, 1.165) is 12.1 Å². The Morgan fingerprint density at radius 1 is 1.29 bits per heavy atom. The van der Waals surface area contributed by atoms with Gasteiger partial charge in [-0.2, -0.15) is 13.2 Å². The first-order chi connectivity index (χ1) is 6.36. The third-order valence-electron chi connectivity index (χ3n) is 1.68. The Balaban J connectivity index is 3.29. The number of alkyl halides is 4. The number of rotatable bonds is 1. The summed E-state index contributed by atoms with van der Waals surface area (Å²) in [4.78, 5) is 0. The summed E-state index contributed by atoms with van der Waals surface area (Å²) in [6.07, 6.45) is -4.49. The Hall–Kier alpha value is -0.610. The second-order valence-electron chi connectivity index (χ2n) is 2.66. The van der Waals surface area contributed by atoms with Gasteiger partial charge in [0, 0.05) is 11.6 Å². The first kappa shape index (κ1) is 11.5. The maximum atomic E-state index is 12.3. The average Bonchev–Trinajstić information content (AvgIpc) is 2.06. The first-order valence-electron chi connectivity index (χ1n) is 3.57. The van der Waals surface area contributed by atoms with Crippen molar-refractivity contribution in [1.82, 2.24) is 0 Å². The predicted molar refractivity (Wildman–Crippen MR) is 50.4 cm³/mol. The average molecular weight is 244 g/mol. The molecule has 78 valence electrons. The molecule has 0 spiro atoms. The van der Waals surface area contributed by atoms with E-state index < -0.39 is 11.7 Å². The summed E-state index contributed by atoms with van der Waals surface area (Å²) < 4.78 is 36.9. The van der Waals surface area contributed by atoms with E-state index in [4.69, 9.17) is 28.9 Å². The van der Waals surface area contributed by atoms with Gasteiger partial charge in [-0.1, -0.05) is 11.6 Å². The Morgan fingerprint density at radius 2 is 1.86 bits per heavy atom. The summed E-state index contributed by atoms with van der Waals surface area (Å²) in [7, 11) is 0. The van der Waals surface area contributed by atoms with Crippen LogP contribution in [0.1, 0.15) is 11.1 Å². The lowest BCUT2D eigenvalue weighted by molar-refractivity contribution is -0.137. The van der Waals surface area contributed by atoms with Gasteiger partial charge in [-0.15, -0.1) is 11.6 Å². The van der Waals surface area contributed by atoms with Crippen LogP contribution in [0.25, 0.3) is 0 Å². The zero-order valence-corrected chi connectivity index (χ0v) is 8.34. The third-order valence-corrected chi connectivity index (χ3v) is 2.28. The molecule has 0 atom stereocenters. The van der Waals surface area contributed by atoms with Crippen LogP contribution < -0.4 is 5.73 Å². The van der Waals surface area contributed by atoms with Crippen molar-refractivity contribution in [3.05, 3.63) is 28.3 Å². The number of hydrogen-bond donors (Lipinski definition) is 1. The number of halogens is 5. The van der Waals surface area contributed by atoms with E-state index in [1.807, 2.05) is 0 Å². The molecule has 2 N–H and O–H groups in total. The molecule has 0 fully saturated rings. The zero-order chi connectivity index (χ0) is 10.9. The molecule has 1 aromatic carbocycles. The summed E-state index contributed by atoms with van der Waals surface area (Å²) in [6, 6.07) is 1.92. The van der Waals surface area contributed by atoms with Crippen molar-refractivity contribution in [3.63, 3.8) is 0 Å². The fraction of sp³-hybridized carbons (Fsp3) is 0.250. The summed E-state index contributed by atoms with van der Waals surface area (Å²) >= 11 is 10.9. The molecule has 0 radical (unpaired) electrons. The SMILES string of the molecule is Nc1cc(C(F)(F)F)c(Cl)cc1CCl. The highest BCUT2D eigenvalue weighted by atomic mass is 35.5. The lowest BCUT2D eigenvalue weighted by atomic mass is 10.1. The topological polar surface area (TPSA) is 26.0 Å². The number of benzene rings is 1. The van der Waals surface area contributed by atoms with Gasteiger partial charge in [-0.3, -0.25) is 0 Å². The van der Waals surface area contributed by atoms with Crippen molar-refractivity contribution in [1.29, 1.82) is 0 Å². The van der Waals surface area contributed by atoms with Crippen LogP contribution in [-0.4, -0.2) is 0 Å². The molecule has 6 heteroatoms. The van der Waals surface area contributed by atoms with Gasteiger partial charge in [0.25, 0.3) is 0 Å². The number of nitrogen functional groups attached to an aromatic ring is 1. The van der Waals surface area contributed by atoms with E-state index >= 15 is 0 Å². The highest BCUT2D eigenvalue weighted by Gasteiger charge is 2.33. The fourth-order valence-electron chi connectivity index (χ4n) is 0.964. The van der Waals surface area contributed by atoms with Crippen LogP contribution in [0.2, 0.25) is 5.02 Å². The van der Waals surface area contributed by atoms with Gasteiger partial charge in [-0.05, 0) is 17.7 Å². The minimum Gasteiger partial charge on any atom is -0.398 e. The van der Waals surface area contributed by atoms with E-state index in [1.165, 1.54) is 0 Å². The Morgan fingerprint density at radius 3 is 2.29 bits per heavy atom. The van der Waals surface area contributed by atoms with Gasteiger partial charge in [0.05, 0.1) is 10.6 Å². The van der Waals surface area contributed by atoms with Crippen molar-refractivity contribution < 1.29 is 13.2 Å². The summed E-state index contributed by atoms with van der Waals surface area (Å²) in [6.45, 7) is 0. The second kappa shape index (κ2) is 3.87. The van der Waals surface area contributed by atoms with Crippen molar-refractivity contribution in [2.75, 3.05) is 5.73 Å². The van der Waals surface area contributed by atoms with E-state index in [1.54, 1.807) is 0 Å². The monoisotopic (exact) mass is 243 g/mol. The number of nitrogens with two attached hydrogens (primary N) is 1. The van der Waals surface area contributed by atoms with Gasteiger partial charge in [-0.25, -0.2) is 0 Å². The molecule has 14 heavy (non-hydrogen) atoms. The van der Waals surface area contributed by atoms with Gasteiger partial charge < -0.3 is 5.73 Å². The lowest BCUT2D eigenvalue weighted by Crippen LogP contribution is -2.07. The minimum absolute atomic E-state index is 0.00303. The van der Waals surface area contributed by atoms with Gasteiger partial charge in [0.2, 0.25) is 0 Å². The van der Waals surface area contributed by atoms with Crippen LogP contribution >= 0.6 is 23.2 Å². The summed E-state index contributed by atoms with van der Waals surface area (Å²) in [5.41, 5.74) is 4.81. The van der Waals surface area contributed by atoms with E-state index in [0.29, 0.717) is 5.56 Å². The Bertz CT molecular complexity index is 349. The fourth-order valence-corrected chi connectivity index (χ4v) is 1.49. The highest BCUT2D eigenvalue weighted by molar-refractivity contribution is 6.31. The molecule has 0 amide bonds. The van der Waals surface area contributed by atoms with Crippen molar-refractivity contribution >= 4 is 28.9 Å². The number of anilines is 1. The molecule has 1 rings (SSSR count). The highest BCUT2D eigenvalue weighted by Crippen LogP contribution is 2.37. The van der Waals surface area contributed by atoms with Gasteiger partial charge in [0.1, 0.15) is 0 Å². The molecule has 0 aromatic heterocycles. The molecule has 1 nitrogen and oxygen atoms in total. The van der Waals surface area contributed by atoms with Gasteiger partial charge in [0.15, 0.2) is 0 Å². The molecule has 0 unspecified atom stereocenters. The van der Waals surface area contributed by atoms with Crippen LogP contribution in [-0.2, 0) is 12.1 Å². The molecule has 0 aliphatic carbocycles. The second-order valence-corrected chi connectivity index (χ2v) is 3.34. The molecule has 0 heterocycles. The summed E-state index contributed by atoms with van der Waals surface area (Å²) in [5.74, 6) is 0.0314. The van der Waals surface area contributed by atoms with E-state index in [-0.39, 0.29) is 16.6 Å². The van der Waals surface area contributed by atoms with Crippen LogP contribution in [0.5, 0.6) is 0 Å². The Kier molecular flexibility index (Phi) is 3.17. The molecule has 1 aromatic rings. The third kappa shape index (κ3) is 2.25. The molecular formula is C8H6Cl2F3N. The normalized spacial score (nSPS) is 11.8. The number of hydrogen-bond acceptors (Lipinski definition) is 1. The largest absolute Gasteiger partial charge is 0.417 e. The maximum absolute atomic E-state index is 12.3. The molecule has 0 bridgehead atoms.